The molecule has 2 fully saturated rings. The Morgan fingerprint density at radius 3 is 2.85 bits per heavy atom. The van der Waals surface area contributed by atoms with Crippen LogP contribution < -0.4 is 5.32 Å². The van der Waals surface area contributed by atoms with Crippen LogP contribution in [0, 0.1) is 0 Å². The highest BCUT2D eigenvalue weighted by molar-refractivity contribution is 7.09. The first-order valence-corrected chi connectivity index (χ1v) is 7.77. The van der Waals surface area contributed by atoms with Gasteiger partial charge in [-0.15, -0.1) is 22.9 Å². The standard InChI is InChI=1S/C12H14ClN3O3S/c13-5-8-7-20-9(14-8)6-16-10(17)12(15-11(16)18)1-3-19-4-2-12/h7H,1-6H2,(H,15,18). The maximum Gasteiger partial charge on any atom is 0.325 e. The van der Waals surface area contributed by atoms with E-state index in [1.165, 1.54) is 16.2 Å². The number of nitrogens with one attached hydrogen (secondary N) is 1. The second-order valence-electron chi connectivity index (χ2n) is 4.88. The third-order valence-corrected chi connectivity index (χ3v) is 4.78. The third kappa shape index (κ3) is 2.30. The summed E-state index contributed by atoms with van der Waals surface area (Å²) in [6.45, 7) is 1.19. The van der Waals surface area contributed by atoms with Gasteiger partial charge in [0.05, 0.1) is 18.1 Å². The predicted octanol–water partition coefficient (Wildman–Crippen LogP) is 1.48. The fourth-order valence-corrected chi connectivity index (χ4v) is 3.51. The van der Waals surface area contributed by atoms with E-state index in [4.69, 9.17) is 16.3 Å². The van der Waals surface area contributed by atoms with Crippen LogP contribution in [0.4, 0.5) is 4.79 Å². The summed E-state index contributed by atoms with van der Waals surface area (Å²) in [5.41, 5.74) is -0.0125. The smallest absolute Gasteiger partial charge is 0.325 e. The molecule has 0 unspecified atom stereocenters. The van der Waals surface area contributed by atoms with Crippen molar-refractivity contribution in [2.75, 3.05) is 13.2 Å². The van der Waals surface area contributed by atoms with E-state index in [0.29, 0.717) is 36.9 Å². The van der Waals surface area contributed by atoms with Crippen LogP contribution in [-0.4, -0.2) is 40.6 Å². The summed E-state index contributed by atoms with van der Waals surface area (Å²) in [4.78, 5) is 30.1. The van der Waals surface area contributed by atoms with Gasteiger partial charge in [0.1, 0.15) is 10.5 Å². The minimum Gasteiger partial charge on any atom is -0.381 e. The molecule has 1 N–H and O–H groups in total. The second kappa shape index (κ2) is 5.31. The lowest BCUT2D eigenvalue weighted by Gasteiger charge is -2.30. The summed E-state index contributed by atoms with van der Waals surface area (Å²) in [5.74, 6) is 0.159. The fourth-order valence-electron chi connectivity index (χ4n) is 2.50. The van der Waals surface area contributed by atoms with Crippen molar-refractivity contribution >= 4 is 34.9 Å². The summed E-state index contributed by atoms with van der Waals surface area (Å²) in [6.07, 6.45) is 1.05. The number of ether oxygens (including phenoxy) is 1. The van der Waals surface area contributed by atoms with Gasteiger partial charge in [0.15, 0.2) is 0 Å². The number of hydrogen-bond donors (Lipinski definition) is 1. The minimum absolute atomic E-state index is 0.173. The maximum atomic E-state index is 12.5. The quantitative estimate of drug-likeness (QED) is 0.677. The summed E-state index contributed by atoms with van der Waals surface area (Å²) in [7, 11) is 0. The van der Waals surface area contributed by atoms with Gasteiger partial charge in [-0.1, -0.05) is 0 Å². The zero-order chi connectivity index (χ0) is 14.2. The Morgan fingerprint density at radius 2 is 2.20 bits per heavy atom. The molecule has 0 saturated carbocycles. The van der Waals surface area contributed by atoms with Crippen LogP contribution in [0.5, 0.6) is 0 Å². The van der Waals surface area contributed by atoms with E-state index in [1.807, 2.05) is 5.38 Å². The normalized spacial score (nSPS) is 21.6. The van der Waals surface area contributed by atoms with Gasteiger partial charge < -0.3 is 10.1 Å². The molecule has 20 heavy (non-hydrogen) atoms. The number of nitrogens with zero attached hydrogens (tertiary/aromatic N) is 2. The van der Waals surface area contributed by atoms with Gasteiger partial charge >= 0.3 is 6.03 Å². The SMILES string of the molecule is O=C1NC2(CCOCC2)C(=O)N1Cc1nc(CCl)cs1. The molecule has 108 valence electrons. The Hall–Kier alpha value is -1.18. The lowest BCUT2D eigenvalue weighted by Crippen LogP contribution is -2.51. The molecule has 0 aliphatic carbocycles. The van der Waals surface area contributed by atoms with E-state index in [-0.39, 0.29) is 18.5 Å². The lowest BCUT2D eigenvalue weighted by atomic mass is 9.90. The highest BCUT2D eigenvalue weighted by atomic mass is 35.5. The van der Waals surface area contributed by atoms with Crippen molar-refractivity contribution in [1.82, 2.24) is 15.2 Å². The van der Waals surface area contributed by atoms with Gasteiger partial charge in [-0.05, 0) is 0 Å². The average Bonchev–Trinajstić information content (AvgIpc) is 3.00. The van der Waals surface area contributed by atoms with Gasteiger partial charge in [0.2, 0.25) is 0 Å². The van der Waals surface area contributed by atoms with Crippen molar-refractivity contribution in [3.8, 4) is 0 Å². The summed E-state index contributed by atoms with van der Waals surface area (Å²) in [6, 6.07) is -0.348. The number of halogens is 1. The van der Waals surface area contributed by atoms with Gasteiger partial charge in [-0.2, -0.15) is 0 Å². The van der Waals surface area contributed by atoms with Crippen LogP contribution in [-0.2, 0) is 22.0 Å². The first kappa shape index (κ1) is 13.8. The number of amides is 3. The molecule has 0 aromatic carbocycles. The summed E-state index contributed by atoms with van der Waals surface area (Å²) >= 11 is 7.11. The molecule has 8 heteroatoms. The highest BCUT2D eigenvalue weighted by Crippen LogP contribution is 2.29. The van der Waals surface area contributed by atoms with Crippen LogP contribution in [0.15, 0.2) is 5.38 Å². The van der Waals surface area contributed by atoms with E-state index in [0.717, 1.165) is 5.69 Å². The molecule has 3 amide bonds. The zero-order valence-electron chi connectivity index (χ0n) is 10.7. The van der Waals surface area contributed by atoms with E-state index in [1.54, 1.807) is 0 Å². The number of thiazole rings is 1. The van der Waals surface area contributed by atoms with Gasteiger partial charge in [-0.25, -0.2) is 9.78 Å². The van der Waals surface area contributed by atoms with Gasteiger partial charge in [-0.3, -0.25) is 9.69 Å². The van der Waals surface area contributed by atoms with Crippen molar-refractivity contribution in [2.24, 2.45) is 0 Å². The number of aromatic nitrogens is 1. The molecule has 3 heterocycles. The molecule has 0 atom stereocenters. The highest BCUT2D eigenvalue weighted by Gasteiger charge is 2.51. The molecule has 3 rings (SSSR count). The monoisotopic (exact) mass is 315 g/mol. The largest absolute Gasteiger partial charge is 0.381 e. The Kier molecular flexibility index (Phi) is 3.66. The van der Waals surface area contributed by atoms with E-state index in [2.05, 4.69) is 10.3 Å². The number of rotatable bonds is 3. The number of hydrogen-bond acceptors (Lipinski definition) is 5. The lowest BCUT2D eigenvalue weighted by molar-refractivity contribution is -0.134. The molecule has 6 nitrogen and oxygen atoms in total. The Balaban J connectivity index is 1.76. The van der Waals surface area contributed by atoms with Crippen LogP contribution in [0.1, 0.15) is 23.5 Å². The Morgan fingerprint density at radius 1 is 1.45 bits per heavy atom. The third-order valence-electron chi connectivity index (χ3n) is 3.62. The van der Waals surface area contributed by atoms with Crippen molar-refractivity contribution in [3.63, 3.8) is 0 Å². The molecule has 1 spiro atoms. The van der Waals surface area contributed by atoms with Crippen LogP contribution >= 0.6 is 22.9 Å². The number of imide groups is 1. The van der Waals surface area contributed by atoms with E-state index < -0.39 is 5.54 Å². The molecule has 2 aliphatic heterocycles. The van der Waals surface area contributed by atoms with E-state index >= 15 is 0 Å². The van der Waals surface area contributed by atoms with Gasteiger partial charge in [0, 0.05) is 31.4 Å². The molecular weight excluding hydrogens is 302 g/mol. The molecular formula is C12H14ClN3O3S. The number of carbonyl (C=O) groups excluding carboxylic acids is 2. The molecule has 0 bridgehead atoms. The number of alkyl halides is 1. The fraction of sp³-hybridized carbons (Fsp3) is 0.583. The first-order valence-electron chi connectivity index (χ1n) is 6.36. The molecule has 0 radical (unpaired) electrons. The van der Waals surface area contributed by atoms with Crippen molar-refractivity contribution in [1.29, 1.82) is 0 Å². The Labute approximate surface area is 125 Å². The van der Waals surface area contributed by atoms with Crippen LogP contribution in [0.2, 0.25) is 0 Å². The van der Waals surface area contributed by atoms with Gasteiger partial charge in [0.25, 0.3) is 5.91 Å². The average molecular weight is 316 g/mol. The minimum atomic E-state index is -0.776. The molecule has 2 saturated heterocycles. The molecule has 1 aromatic rings. The van der Waals surface area contributed by atoms with Crippen LogP contribution in [0.3, 0.4) is 0 Å². The first-order chi connectivity index (χ1) is 9.64. The predicted molar refractivity (Wildman–Crippen MR) is 73.5 cm³/mol. The molecule has 1 aromatic heterocycles. The van der Waals surface area contributed by atoms with Crippen LogP contribution in [0.25, 0.3) is 0 Å². The second-order valence-corrected chi connectivity index (χ2v) is 6.09. The summed E-state index contributed by atoms with van der Waals surface area (Å²) in [5, 5.41) is 5.37. The summed E-state index contributed by atoms with van der Waals surface area (Å²) < 4.78 is 5.26. The topological polar surface area (TPSA) is 71.5 Å². The maximum absolute atomic E-state index is 12.5. The number of carbonyl (C=O) groups is 2. The van der Waals surface area contributed by atoms with Crippen molar-refractivity contribution in [3.05, 3.63) is 16.1 Å². The van der Waals surface area contributed by atoms with Crippen molar-refractivity contribution < 1.29 is 14.3 Å². The van der Waals surface area contributed by atoms with E-state index in [9.17, 15) is 9.59 Å². The van der Waals surface area contributed by atoms with Crippen molar-refractivity contribution in [2.45, 2.75) is 30.8 Å². The number of urea groups is 1. The Bertz CT molecular complexity index is 542. The molecule has 2 aliphatic rings. The zero-order valence-corrected chi connectivity index (χ0v) is 12.3.